The van der Waals surface area contributed by atoms with Crippen LogP contribution in [-0.2, 0) is 6.54 Å². The molecule has 0 saturated heterocycles. The Balaban J connectivity index is 1.49. The van der Waals surface area contributed by atoms with E-state index in [2.05, 4.69) is 16.7 Å². The number of fused-ring (bicyclic) bond motifs is 2. The van der Waals surface area contributed by atoms with Gasteiger partial charge in [-0.2, -0.15) is 0 Å². The predicted octanol–water partition coefficient (Wildman–Crippen LogP) is 6.06. The average molecular weight is 475 g/mol. The molecule has 0 bridgehead atoms. The van der Waals surface area contributed by atoms with Crippen LogP contribution >= 0.6 is 0 Å². The van der Waals surface area contributed by atoms with Crippen LogP contribution in [0.2, 0.25) is 0 Å². The van der Waals surface area contributed by atoms with Gasteiger partial charge in [-0.05, 0) is 61.2 Å². The minimum Gasteiger partial charge on any atom is -0.354 e. The topological polar surface area (TPSA) is 75.3 Å². The predicted molar refractivity (Wildman–Crippen MR) is 141 cm³/mol. The number of carbonyl (C=O) groups excluding carboxylic acids is 3. The van der Waals surface area contributed by atoms with Gasteiger partial charge < -0.3 is 10.6 Å². The molecule has 0 radical (unpaired) electrons. The summed E-state index contributed by atoms with van der Waals surface area (Å²) in [7, 11) is 0. The Morgan fingerprint density at radius 2 is 1.36 bits per heavy atom. The van der Waals surface area contributed by atoms with Crippen LogP contribution in [0.4, 0.5) is 11.4 Å². The van der Waals surface area contributed by atoms with Gasteiger partial charge in [0, 0.05) is 34.5 Å². The molecule has 4 aromatic carbocycles. The highest BCUT2D eigenvalue weighted by atomic mass is 16.2. The van der Waals surface area contributed by atoms with Gasteiger partial charge in [0.1, 0.15) is 0 Å². The van der Waals surface area contributed by atoms with Gasteiger partial charge in [0.15, 0.2) is 11.6 Å². The summed E-state index contributed by atoms with van der Waals surface area (Å²) in [6.45, 7) is 6.41. The first-order chi connectivity index (χ1) is 17.4. The molecule has 0 unspecified atom stereocenters. The zero-order valence-electron chi connectivity index (χ0n) is 20.4. The smallest absolute Gasteiger partial charge is 0.251 e. The first-order valence-electron chi connectivity index (χ1n) is 11.9. The van der Waals surface area contributed by atoms with Gasteiger partial charge in [-0.25, -0.2) is 0 Å². The van der Waals surface area contributed by atoms with Crippen LogP contribution < -0.4 is 10.6 Å². The van der Waals surface area contributed by atoms with E-state index >= 15 is 0 Å². The number of carbonyl (C=O) groups is 3. The number of anilines is 2. The van der Waals surface area contributed by atoms with E-state index < -0.39 is 0 Å². The number of aryl methyl sites for hydroxylation is 2. The first kappa shape index (κ1) is 23.2. The van der Waals surface area contributed by atoms with Gasteiger partial charge in [-0.15, -0.1) is 0 Å². The van der Waals surface area contributed by atoms with Crippen molar-refractivity contribution >= 4 is 28.8 Å². The molecule has 0 atom stereocenters. The first-order valence-corrected chi connectivity index (χ1v) is 11.9. The molecule has 5 rings (SSSR count). The SMILES string of the molecule is Cc1cc(C)c(Nc2cccc3c2C(=O)c2ccccc2C3=O)c(C)c1CNC(=O)c1ccccc1. The Labute approximate surface area is 210 Å². The third-order valence-electron chi connectivity index (χ3n) is 6.80. The minimum atomic E-state index is -0.166. The van der Waals surface area contributed by atoms with E-state index in [0.29, 0.717) is 40.0 Å². The molecule has 0 heterocycles. The zero-order chi connectivity index (χ0) is 25.4. The van der Waals surface area contributed by atoms with Crippen molar-refractivity contribution in [2.45, 2.75) is 27.3 Å². The fourth-order valence-electron chi connectivity index (χ4n) is 4.93. The van der Waals surface area contributed by atoms with Crippen molar-refractivity contribution in [2.75, 3.05) is 5.32 Å². The fraction of sp³-hybridized carbons (Fsp3) is 0.129. The van der Waals surface area contributed by atoms with Crippen LogP contribution in [-0.4, -0.2) is 17.5 Å². The Morgan fingerprint density at radius 1 is 0.722 bits per heavy atom. The van der Waals surface area contributed by atoms with Crippen molar-refractivity contribution < 1.29 is 14.4 Å². The Kier molecular flexibility index (Phi) is 5.98. The monoisotopic (exact) mass is 474 g/mol. The van der Waals surface area contributed by atoms with Crippen LogP contribution in [0.1, 0.15) is 64.5 Å². The number of ketones is 2. The van der Waals surface area contributed by atoms with Crippen molar-refractivity contribution in [1.29, 1.82) is 0 Å². The minimum absolute atomic E-state index is 0.135. The average Bonchev–Trinajstić information content (AvgIpc) is 2.89. The normalized spacial score (nSPS) is 12.1. The van der Waals surface area contributed by atoms with E-state index in [9.17, 15) is 14.4 Å². The van der Waals surface area contributed by atoms with Gasteiger partial charge in [-0.1, -0.05) is 60.7 Å². The largest absolute Gasteiger partial charge is 0.354 e. The molecular formula is C31H26N2O3. The number of hydrogen-bond donors (Lipinski definition) is 2. The van der Waals surface area contributed by atoms with Crippen molar-refractivity contribution in [1.82, 2.24) is 5.32 Å². The molecule has 4 aromatic rings. The van der Waals surface area contributed by atoms with Gasteiger partial charge in [0.05, 0.1) is 11.3 Å². The molecule has 0 saturated carbocycles. The summed E-state index contributed by atoms with van der Waals surface area (Å²) >= 11 is 0. The Morgan fingerprint density at radius 3 is 2.08 bits per heavy atom. The number of rotatable bonds is 5. The summed E-state index contributed by atoms with van der Waals surface area (Å²) in [6, 6.07) is 23.5. The molecule has 178 valence electrons. The number of nitrogens with one attached hydrogen (secondary N) is 2. The molecular weight excluding hydrogens is 448 g/mol. The summed E-state index contributed by atoms with van der Waals surface area (Å²) in [5.74, 6) is -0.448. The van der Waals surface area contributed by atoms with E-state index in [4.69, 9.17) is 0 Å². The summed E-state index contributed by atoms with van der Waals surface area (Å²) < 4.78 is 0. The maximum absolute atomic E-state index is 13.4. The lowest BCUT2D eigenvalue weighted by Crippen LogP contribution is -2.24. The Hall–Kier alpha value is -4.51. The summed E-state index contributed by atoms with van der Waals surface area (Å²) in [5, 5.41) is 6.47. The molecule has 0 aliphatic heterocycles. The summed E-state index contributed by atoms with van der Waals surface area (Å²) in [5.41, 5.74) is 7.77. The third kappa shape index (κ3) is 3.99. The molecule has 36 heavy (non-hydrogen) atoms. The second-order valence-electron chi connectivity index (χ2n) is 9.09. The Bertz CT molecular complexity index is 1540. The van der Waals surface area contributed by atoms with Crippen LogP contribution in [0.5, 0.6) is 0 Å². The van der Waals surface area contributed by atoms with Crippen LogP contribution in [0.15, 0.2) is 78.9 Å². The maximum atomic E-state index is 13.4. The van der Waals surface area contributed by atoms with Gasteiger partial charge in [-0.3, -0.25) is 14.4 Å². The van der Waals surface area contributed by atoms with E-state index in [0.717, 1.165) is 27.9 Å². The summed E-state index contributed by atoms with van der Waals surface area (Å²) in [6.07, 6.45) is 0. The third-order valence-corrected chi connectivity index (χ3v) is 6.80. The lowest BCUT2D eigenvalue weighted by atomic mass is 9.83. The van der Waals surface area contributed by atoms with Gasteiger partial charge >= 0.3 is 0 Å². The molecule has 5 heteroatoms. The highest BCUT2D eigenvalue weighted by Crippen LogP contribution is 2.36. The number of amides is 1. The van der Waals surface area contributed by atoms with Crippen LogP contribution in [0.25, 0.3) is 0 Å². The quantitative estimate of drug-likeness (QED) is 0.325. The molecule has 0 aromatic heterocycles. The van der Waals surface area contributed by atoms with Crippen molar-refractivity contribution in [3.8, 4) is 0 Å². The highest BCUT2D eigenvalue weighted by Gasteiger charge is 2.31. The van der Waals surface area contributed by atoms with E-state index in [1.807, 2.05) is 45.0 Å². The van der Waals surface area contributed by atoms with E-state index in [1.54, 1.807) is 48.5 Å². The lowest BCUT2D eigenvalue weighted by Gasteiger charge is -2.23. The number of benzene rings is 4. The van der Waals surface area contributed by atoms with Crippen molar-refractivity contribution in [3.63, 3.8) is 0 Å². The van der Waals surface area contributed by atoms with Crippen LogP contribution in [0.3, 0.4) is 0 Å². The molecule has 1 amide bonds. The standard InChI is InChI=1S/C31H26N2O3/c1-18-16-19(2)28(20(3)25(18)17-32-31(36)21-10-5-4-6-11-21)33-26-15-9-14-24-27(26)30(35)23-13-8-7-12-22(23)29(24)34/h4-16,33H,17H2,1-3H3,(H,32,36). The van der Waals surface area contributed by atoms with E-state index in [1.165, 1.54) is 0 Å². The van der Waals surface area contributed by atoms with Crippen molar-refractivity contribution in [3.05, 3.63) is 129 Å². The maximum Gasteiger partial charge on any atom is 0.251 e. The van der Waals surface area contributed by atoms with E-state index in [-0.39, 0.29) is 17.5 Å². The second-order valence-corrected chi connectivity index (χ2v) is 9.09. The number of hydrogen-bond acceptors (Lipinski definition) is 4. The van der Waals surface area contributed by atoms with Crippen LogP contribution in [0, 0.1) is 20.8 Å². The lowest BCUT2D eigenvalue weighted by molar-refractivity contribution is 0.0950. The second kappa shape index (κ2) is 9.27. The fourth-order valence-corrected chi connectivity index (χ4v) is 4.93. The van der Waals surface area contributed by atoms with Crippen molar-refractivity contribution in [2.24, 2.45) is 0 Å². The molecule has 2 N–H and O–H groups in total. The molecule has 0 spiro atoms. The molecule has 1 aliphatic carbocycles. The molecule has 5 nitrogen and oxygen atoms in total. The van der Waals surface area contributed by atoms with Gasteiger partial charge in [0.25, 0.3) is 5.91 Å². The summed E-state index contributed by atoms with van der Waals surface area (Å²) in [4.78, 5) is 39.2. The zero-order valence-corrected chi connectivity index (χ0v) is 20.4. The molecule has 0 fully saturated rings. The highest BCUT2D eigenvalue weighted by molar-refractivity contribution is 6.30. The molecule has 1 aliphatic rings. The van der Waals surface area contributed by atoms with Gasteiger partial charge in [0.2, 0.25) is 0 Å².